The molecule has 0 saturated heterocycles. The fourth-order valence-electron chi connectivity index (χ4n) is 2.19. The Morgan fingerprint density at radius 2 is 1.81 bits per heavy atom. The lowest BCUT2D eigenvalue weighted by Crippen LogP contribution is -2.34. The smallest absolute Gasteiger partial charge is 0.229 e. The van der Waals surface area contributed by atoms with Gasteiger partial charge in [-0.3, -0.25) is 9.71 Å². The van der Waals surface area contributed by atoms with Gasteiger partial charge in [0.25, 0.3) is 0 Å². The minimum absolute atomic E-state index is 0.386. The standard InChI is InChI=1S/C18H24N4O3S/c1-26(23,24)22-16-7-9-17(10-8-16)25-14-13-21-18(19)20-12-11-15-5-3-2-4-6-15/h2-10,22H,11-14H2,1H3,(H3,19,20,21). The number of nitrogens with one attached hydrogen (secondary N) is 2. The number of benzene rings is 2. The van der Waals surface area contributed by atoms with Crippen molar-refractivity contribution in [1.29, 1.82) is 0 Å². The summed E-state index contributed by atoms with van der Waals surface area (Å²) >= 11 is 0. The number of ether oxygens (including phenoxy) is 1. The zero-order valence-corrected chi connectivity index (χ0v) is 15.5. The molecule has 26 heavy (non-hydrogen) atoms. The van der Waals surface area contributed by atoms with Gasteiger partial charge < -0.3 is 15.8 Å². The van der Waals surface area contributed by atoms with Crippen LogP contribution in [0.4, 0.5) is 5.69 Å². The summed E-state index contributed by atoms with van der Waals surface area (Å²) < 4.78 is 30.2. The number of hydrogen-bond donors (Lipinski definition) is 3. The molecule has 0 aromatic heterocycles. The van der Waals surface area contributed by atoms with Crippen LogP contribution in [0, 0.1) is 0 Å². The summed E-state index contributed by atoms with van der Waals surface area (Å²) in [5.74, 6) is 1.03. The average Bonchev–Trinajstić information content (AvgIpc) is 2.60. The van der Waals surface area contributed by atoms with Gasteiger partial charge in [-0.1, -0.05) is 30.3 Å². The highest BCUT2D eigenvalue weighted by Gasteiger charge is 2.02. The van der Waals surface area contributed by atoms with Crippen LogP contribution < -0.4 is 20.5 Å². The maximum absolute atomic E-state index is 11.1. The van der Waals surface area contributed by atoms with Crippen molar-refractivity contribution in [3.8, 4) is 5.75 Å². The Hall–Kier alpha value is -2.74. The molecule has 0 fully saturated rings. The molecule has 2 aromatic rings. The SMILES string of the molecule is CS(=O)(=O)Nc1ccc(OCCNC(N)=NCCc2ccccc2)cc1. The molecule has 0 amide bonds. The molecule has 0 radical (unpaired) electrons. The lowest BCUT2D eigenvalue weighted by molar-refractivity contribution is 0.322. The Balaban J connectivity index is 1.65. The third-order valence-electron chi connectivity index (χ3n) is 3.36. The van der Waals surface area contributed by atoms with Crippen molar-refractivity contribution < 1.29 is 13.2 Å². The van der Waals surface area contributed by atoms with Crippen molar-refractivity contribution >= 4 is 21.7 Å². The monoisotopic (exact) mass is 376 g/mol. The quantitative estimate of drug-likeness (QED) is 0.350. The summed E-state index contributed by atoms with van der Waals surface area (Å²) in [6.45, 7) is 1.55. The van der Waals surface area contributed by atoms with Crippen molar-refractivity contribution in [2.24, 2.45) is 10.7 Å². The molecule has 0 aliphatic rings. The van der Waals surface area contributed by atoms with Gasteiger partial charge in [-0.2, -0.15) is 0 Å². The van der Waals surface area contributed by atoms with E-state index in [0.717, 1.165) is 12.7 Å². The van der Waals surface area contributed by atoms with Crippen molar-refractivity contribution in [1.82, 2.24) is 5.32 Å². The number of rotatable bonds is 9. The second kappa shape index (κ2) is 9.67. The Kier molecular flexibility index (Phi) is 7.28. The highest BCUT2D eigenvalue weighted by Crippen LogP contribution is 2.16. The van der Waals surface area contributed by atoms with Crippen LogP contribution in [-0.4, -0.2) is 40.3 Å². The van der Waals surface area contributed by atoms with E-state index in [0.29, 0.717) is 37.1 Å². The predicted molar refractivity (Wildman–Crippen MR) is 105 cm³/mol. The molecule has 2 aromatic carbocycles. The van der Waals surface area contributed by atoms with Crippen LogP contribution in [0.5, 0.6) is 5.75 Å². The molecule has 0 saturated carbocycles. The minimum atomic E-state index is -3.27. The molecule has 0 aliphatic carbocycles. The van der Waals surface area contributed by atoms with Crippen LogP contribution in [0.25, 0.3) is 0 Å². The molecule has 7 nitrogen and oxygen atoms in total. The van der Waals surface area contributed by atoms with Crippen LogP contribution in [0.2, 0.25) is 0 Å². The highest BCUT2D eigenvalue weighted by atomic mass is 32.2. The van der Waals surface area contributed by atoms with Gasteiger partial charge in [-0.15, -0.1) is 0 Å². The number of anilines is 1. The van der Waals surface area contributed by atoms with Crippen LogP contribution in [-0.2, 0) is 16.4 Å². The first-order chi connectivity index (χ1) is 12.4. The van der Waals surface area contributed by atoms with E-state index in [1.807, 2.05) is 18.2 Å². The molecule has 0 aliphatic heterocycles. The molecule has 2 rings (SSSR count). The lowest BCUT2D eigenvalue weighted by Gasteiger charge is -2.09. The first-order valence-electron chi connectivity index (χ1n) is 8.21. The van der Waals surface area contributed by atoms with Crippen molar-refractivity contribution in [2.75, 3.05) is 30.7 Å². The molecular formula is C18H24N4O3S. The largest absolute Gasteiger partial charge is 0.492 e. The summed E-state index contributed by atoms with van der Waals surface area (Å²) in [7, 11) is -3.27. The van der Waals surface area contributed by atoms with Gasteiger partial charge in [0.1, 0.15) is 12.4 Å². The summed E-state index contributed by atoms with van der Waals surface area (Å²) in [5.41, 5.74) is 7.53. The van der Waals surface area contributed by atoms with Gasteiger partial charge in [0, 0.05) is 12.2 Å². The molecular weight excluding hydrogens is 352 g/mol. The topological polar surface area (TPSA) is 106 Å². The summed E-state index contributed by atoms with van der Waals surface area (Å²) in [6, 6.07) is 16.8. The van der Waals surface area contributed by atoms with Crippen molar-refractivity contribution in [3.05, 3.63) is 60.2 Å². The minimum Gasteiger partial charge on any atom is -0.492 e. The van der Waals surface area contributed by atoms with E-state index < -0.39 is 10.0 Å². The van der Waals surface area contributed by atoms with E-state index >= 15 is 0 Å². The molecule has 0 bridgehead atoms. The second-order valence-corrected chi connectivity index (χ2v) is 7.42. The number of guanidine groups is 1. The third kappa shape index (κ3) is 7.89. The summed E-state index contributed by atoms with van der Waals surface area (Å²) in [5, 5.41) is 2.99. The van der Waals surface area contributed by atoms with Gasteiger partial charge in [-0.05, 0) is 36.2 Å². The number of sulfonamides is 1. The van der Waals surface area contributed by atoms with Crippen molar-refractivity contribution in [2.45, 2.75) is 6.42 Å². The average molecular weight is 376 g/mol. The van der Waals surface area contributed by atoms with E-state index in [9.17, 15) is 8.42 Å². The third-order valence-corrected chi connectivity index (χ3v) is 3.97. The molecule has 0 unspecified atom stereocenters. The number of nitrogens with two attached hydrogens (primary N) is 1. The first-order valence-corrected chi connectivity index (χ1v) is 10.1. The molecule has 8 heteroatoms. The lowest BCUT2D eigenvalue weighted by atomic mass is 10.2. The predicted octanol–water partition coefficient (Wildman–Crippen LogP) is 1.58. The molecule has 0 atom stereocenters. The molecule has 0 heterocycles. The maximum atomic E-state index is 11.1. The van der Waals surface area contributed by atoms with E-state index in [-0.39, 0.29) is 0 Å². The Labute approximate surface area is 154 Å². The normalized spacial score (nSPS) is 11.8. The molecule has 140 valence electrons. The van der Waals surface area contributed by atoms with Gasteiger partial charge in [-0.25, -0.2) is 8.42 Å². The van der Waals surface area contributed by atoms with Crippen LogP contribution in [0.15, 0.2) is 59.6 Å². The number of hydrogen-bond acceptors (Lipinski definition) is 4. The van der Waals surface area contributed by atoms with E-state index in [1.165, 1.54) is 5.56 Å². The molecule has 0 spiro atoms. The van der Waals surface area contributed by atoms with Crippen LogP contribution in [0.3, 0.4) is 0 Å². The van der Waals surface area contributed by atoms with Crippen molar-refractivity contribution in [3.63, 3.8) is 0 Å². The van der Waals surface area contributed by atoms with Gasteiger partial charge in [0.05, 0.1) is 12.8 Å². The van der Waals surface area contributed by atoms with Gasteiger partial charge in [0.2, 0.25) is 10.0 Å². The molecule has 4 N–H and O–H groups in total. The van der Waals surface area contributed by atoms with Crippen LogP contribution >= 0.6 is 0 Å². The van der Waals surface area contributed by atoms with E-state index in [4.69, 9.17) is 10.5 Å². The number of aliphatic imine (C=N–C) groups is 1. The van der Waals surface area contributed by atoms with E-state index in [2.05, 4.69) is 27.2 Å². The summed E-state index contributed by atoms with van der Waals surface area (Å²) in [4.78, 5) is 4.27. The Morgan fingerprint density at radius 3 is 2.46 bits per heavy atom. The summed E-state index contributed by atoms with van der Waals surface area (Å²) in [6.07, 6.45) is 1.95. The highest BCUT2D eigenvalue weighted by molar-refractivity contribution is 7.92. The maximum Gasteiger partial charge on any atom is 0.229 e. The van der Waals surface area contributed by atoms with Gasteiger partial charge >= 0.3 is 0 Å². The van der Waals surface area contributed by atoms with Gasteiger partial charge in [0.15, 0.2) is 5.96 Å². The first kappa shape index (κ1) is 19.6. The fraction of sp³-hybridized carbons (Fsp3) is 0.278. The fourth-order valence-corrected chi connectivity index (χ4v) is 2.75. The van der Waals surface area contributed by atoms with E-state index in [1.54, 1.807) is 24.3 Å². The number of nitrogens with zero attached hydrogens (tertiary/aromatic N) is 1. The van der Waals surface area contributed by atoms with Crippen LogP contribution in [0.1, 0.15) is 5.56 Å². The Morgan fingerprint density at radius 1 is 1.12 bits per heavy atom. The second-order valence-electron chi connectivity index (χ2n) is 5.68. The Bertz CT molecular complexity index is 806. The zero-order chi connectivity index (χ0) is 18.8. The zero-order valence-electron chi connectivity index (χ0n) is 14.7.